The molecule has 0 saturated heterocycles. The number of hydrogen-bond acceptors (Lipinski definition) is 3. The predicted molar refractivity (Wildman–Crippen MR) is 71.8 cm³/mol. The maximum atomic E-state index is 7.54. The standard InChI is InChI=1S/C14H21N3O/c1-9-5-10(2)7-11(6-9)18-13-8-17-4-3-12(13)14(15)16/h3-4,8-11H,5-7H2,1-2H3,(H3,15,16). The smallest absolute Gasteiger partial charge is 0.148 e. The summed E-state index contributed by atoms with van der Waals surface area (Å²) in [4.78, 5) is 4.05. The van der Waals surface area contributed by atoms with Crippen LogP contribution >= 0.6 is 0 Å². The van der Waals surface area contributed by atoms with E-state index in [9.17, 15) is 0 Å². The first-order valence-corrected chi connectivity index (χ1v) is 6.51. The summed E-state index contributed by atoms with van der Waals surface area (Å²) in [6.45, 7) is 4.53. The Labute approximate surface area is 108 Å². The fourth-order valence-corrected chi connectivity index (χ4v) is 2.85. The van der Waals surface area contributed by atoms with Crippen LogP contribution < -0.4 is 10.5 Å². The van der Waals surface area contributed by atoms with E-state index in [0.29, 0.717) is 23.1 Å². The molecule has 18 heavy (non-hydrogen) atoms. The van der Waals surface area contributed by atoms with Gasteiger partial charge in [0.15, 0.2) is 0 Å². The van der Waals surface area contributed by atoms with Crippen molar-refractivity contribution in [3.05, 3.63) is 24.0 Å². The van der Waals surface area contributed by atoms with Crippen molar-refractivity contribution in [2.75, 3.05) is 0 Å². The van der Waals surface area contributed by atoms with E-state index in [4.69, 9.17) is 15.9 Å². The van der Waals surface area contributed by atoms with Gasteiger partial charge in [-0.3, -0.25) is 10.4 Å². The number of nitrogen functional groups attached to an aromatic ring is 1. The van der Waals surface area contributed by atoms with Gasteiger partial charge in [0.25, 0.3) is 0 Å². The Kier molecular flexibility index (Phi) is 3.84. The van der Waals surface area contributed by atoms with Crippen molar-refractivity contribution < 1.29 is 4.74 Å². The quantitative estimate of drug-likeness (QED) is 0.637. The lowest BCUT2D eigenvalue weighted by Gasteiger charge is -2.32. The molecule has 1 fully saturated rings. The molecule has 98 valence electrons. The molecular weight excluding hydrogens is 226 g/mol. The SMILES string of the molecule is CC1CC(C)CC(Oc2cnccc2C(=N)N)C1. The predicted octanol–water partition coefficient (Wildman–Crippen LogP) is 2.57. The van der Waals surface area contributed by atoms with Gasteiger partial charge in [-0.15, -0.1) is 0 Å². The fourth-order valence-electron chi connectivity index (χ4n) is 2.85. The molecule has 4 heteroatoms. The monoisotopic (exact) mass is 247 g/mol. The van der Waals surface area contributed by atoms with Gasteiger partial charge < -0.3 is 10.5 Å². The normalized spacial score (nSPS) is 27.8. The van der Waals surface area contributed by atoms with Crippen molar-refractivity contribution in [1.29, 1.82) is 5.41 Å². The molecule has 0 spiro atoms. The van der Waals surface area contributed by atoms with Gasteiger partial charge in [0.05, 0.1) is 17.9 Å². The van der Waals surface area contributed by atoms with Crippen LogP contribution in [0.1, 0.15) is 38.7 Å². The lowest BCUT2D eigenvalue weighted by molar-refractivity contribution is 0.100. The summed E-state index contributed by atoms with van der Waals surface area (Å²) in [5.74, 6) is 2.05. The Morgan fingerprint density at radius 1 is 1.33 bits per heavy atom. The second-order valence-electron chi connectivity index (χ2n) is 5.44. The van der Waals surface area contributed by atoms with Crippen LogP contribution in [0.3, 0.4) is 0 Å². The van der Waals surface area contributed by atoms with Gasteiger partial charge in [-0.2, -0.15) is 0 Å². The van der Waals surface area contributed by atoms with E-state index in [1.807, 2.05) is 0 Å². The van der Waals surface area contributed by atoms with E-state index in [1.165, 1.54) is 6.42 Å². The molecule has 1 aliphatic carbocycles. The largest absolute Gasteiger partial charge is 0.488 e. The van der Waals surface area contributed by atoms with Crippen molar-refractivity contribution in [3.63, 3.8) is 0 Å². The average Bonchev–Trinajstić information content (AvgIpc) is 2.27. The second-order valence-corrected chi connectivity index (χ2v) is 5.44. The van der Waals surface area contributed by atoms with E-state index in [2.05, 4.69) is 18.8 Å². The van der Waals surface area contributed by atoms with Crippen LogP contribution in [-0.2, 0) is 0 Å². The van der Waals surface area contributed by atoms with Crippen LogP contribution in [0.4, 0.5) is 0 Å². The minimum atomic E-state index is 0.0318. The minimum absolute atomic E-state index is 0.0318. The lowest BCUT2D eigenvalue weighted by atomic mass is 9.82. The topological polar surface area (TPSA) is 72.0 Å². The number of amidine groups is 1. The molecule has 0 amide bonds. The molecule has 2 unspecified atom stereocenters. The number of aromatic nitrogens is 1. The summed E-state index contributed by atoms with van der Waals surface area (Å²) in [5, 5.41) is 7.54. The maximum absolute atomic E-state index is 7.54. The van der Waals surface area contributed by atoms with Crippen LogP contribution in [-0.4, -0.2) is 16.9 Å². The molecule has 4 nitrogen and oxygen atoms in total. The first-order valence-electron chi connectivity index (χ1n) is 6.51. The Bertz CT molecular complexity index is 423. The van der Waals surface area contributed by atoms with Crippen molar-refractivity contribution in [2.45, 2.75) is 39.2 Å². The highest BCUT2D eigenvalue weighted by atomic mass is 16.5. The highest BCUT2D eigenvalue weighted by molar-refractivity contribution is 5.97. The van der Waals surface area contributed by atoms with Crippen LogP contribution in [0, 0.1) is 17.2 Å². The van der Waals surface area contributed by atoms with E-state index in [1.54, 1.807) is 18.5 Å². The molecule has 1 saturated carbocycles. The molecule has 2 rings (SSSR count). The van der Waals surface area contributed by atoms with E-state index >= 15 is 0 Å². The number of nitrogens with one attached hydrogen (secondary N) is 1. The Morgan fingerprint density at radius 2 is 2.00 bits per heavy atom. The minimum Gasteiger partial charge on any atom is -0.488 e. The molecule has 1 aliphatic rings. The molecule has 1 aromatic rings. The average molecular weight is 247 g/mol. The molecule has 0 aromatic carbocycles. The first-order chi connectivity index (χ1) is 8.56. The van der Waals surface area contributed by atoms with Gasteiger partial charge in [0, 0.05) is 6.20 Å². The summed E-state index contributed by atoms with van der Waals surface area (Å²) in [6.07, 6.45) is 6.90. The highest BCUT2D eigenvalue weighted by Crippen LogP contribution is 2.31. The Morgan fingerprint density at radius 3 is 2.61 bits per heavy atom. The third kappa shape index (κ3) is 3.00. The Balaban J connectivity index is 2.11. The highest BCUT2D eigenvalue weighted by Gasteiger charge is 2.26. The summed E-state index contributed by atoms with van der Waals surface area (Å²) in [7, 11) is 0. The Hall–Kier alpha value is -1.58. The van der Waals surface area contributed by atoms with Gasteiger partial charge in [-0.05, 0) is 37.2 Å². The zero-order chi connectivity index (χ0) is 13.1. The summed E-state index contributed by atoms with van der Waals surface area (Å²) in [5.41, 5.74) is 6.18. The van der Waals surface area contributed by atoms with E-state index in [0.717, 1.165) is 12.8 Å². The van der Waals surface area contributed by atoms with E-state index < -0.39 is 0 Å². The molecule has 2 atom stereocenters. The molecule has 1 heterocycles. The number of rotatable bonds is 3. The number of hydrogen-bond donors (Lipinski definition) is 2. The van der Waals surface area contributed by atoms with Crippen LogP contribution in [0.2, 0.25) is 0 Å². The third-order valence-electron chi connectivity index (χ3n) is 3.50. The molecule has 0 bridgehead atoms. The number of nitrogens with zero attached hydrogens (tertiary/aromatic N) is 1. The summed E-state index contributed by atoms with van der Waals surface area (Å²) < 4.78 is 6.01. The van der Waals surface area contributed by atoms with Crippen LogP contribution in [0.5, 0.6) is 5.75 Å². The van der Waals surface area contributed by atoms with Gasteiger partial charge in [-0.25, -0.2) is 0 Å². The molecule has 0 radical (unpaired) electrons. The number of nitrogens with two attached hydrogens (primary N) is 1. The van der Waals surface area contributed by atoms with Gasteiger partial charge in [0.2, 0.25) is 0 Å². The molecule has 1 aromatic heterocycles. The van der Waals surface area contributed by atoms with Crippen molar-refractivity contribution >= 4 is 5.84 Å². The molecule has 3 N–H and O–H groups in total. The van der Waals surface area contributed by atoms with Gasteiger partial charge >= 0.3 is 0 Å². The van der Waals surface area contributed by atoms with Crippen molar-refractivity contribution in [2.24, 2.45) is 17.6 Å². The molecular formula is C14H21N3O. The number of ether oxygens (including phenoxy) is 1. The molecule has 0 aliphatic heterocycles. The van der Waals surface area contributed by atoms with Crippen molar-refractivity contribution in [3.8, 4) is 5.75 Å². The fraction of sp³-hybridized carbons (Fsp3) is 0.571. The summed E-state index contributed by atoms with van der Waals surface area (Å²) in [6, 6.07) is 1.73. The zero-order valence-corrected chi connectivity index (χ0v) is 11.0. The zero-order valence-electron chi connectivity index (χ0n) is 11.0. The van der Waals surface area contributed by atoms with Gasteiger partial charge in [0.1, 0.15) is 11.6 Å². The van der Waals surface area contributed by atoms with Crippen LogP contribution in [0.25, 0.3) is 0 Å². The third-order valence-corrected chi connectivity index (χ3v) is 3.50. The van der Waals surface area contributed by atoms with Gasteiger partial charge in [-0.1, -0.05) is 13.8 Å². The van der Waals surface area contributed by atoms with Crippen molar-refractivity contribution in [1.82, 2.24) is 4.98 Å². The second kappa shape index (κ2) is 5.38. The van der Waals surface area contributed by atoms with E-state index in [-0.39, 0.29) is 11.9 Å². The van der Waals surface area contributed by atoms with Crippen LogP contribution in [0.15, 0.2) is 18.5 Å². The summed E-state index contributed by atoms with van der Waals surface area (Å²) >= 11 is 0. The maximum Gasteiger partial charge on any atom is 0.148 e. The number of pyridine rings is 1. The lowest BCUT2D eigenvalue weighted by Crippen LogP contribution is -2.29. The first kappa shape index (κ1) is 12.9.